The predicted octanol–water partition coefficient (Wildman–Crippen LogP) is 2.77. The van der Waals surface area contributed by atoms with Crippen LogP contribution in [0.5, 0.6) is 0 Å². The standard InChI is InChI=1S/C19H26ClN5O/c1-14-13-17(18(26)21-10-4-12-25(2)3)24-19(23-14)22-11-9-15-5-7-16(20)8-6-15/h5-8,13H,4,9-12H2,1-3H3,(H,21,26)(H,22,23,24). The second kappa shape index (κ2) is 10.1. The highest BCUT2D eigenvalue weighted by molar-refractivity contribution is 6.30. The first kappa shape index (κ1) is 20.1. The molecule has 1 heterocycles. The van der Waals surface area contributed by atoms with E-state index in [1.54, 1.807) is 6.07 Å². The molecule has 2 aromatic rings. The van der Waals surface area contributed by atoms with Gasteiger partial charge in [0.15, 0.2) is 0 Å². The molecule has 2 N–H and O–H groups in total. The van der Waals surface area contributed by atoms with E-state index in [0.717, 1.165) is 30.1 Å². The van der Waals surface area contributed by atoms with Crippen molar-refractivity contribution in [2.75, 3.05) is 39.0 Å². The average Bonchev–Trinajstić information content (AvgIpc) is 2.59. The number of benzene rings is 1. The van der Waals surface area contributed by atoms with Crippen LogP contribution in [-0.2, 0) is 6.42 Å². The van der Waals surface area contributed by atoms with E-state index in [4.69, 9.17) is 11.6 Å². The van der Waals surface area contributed by atoms with E-state index in [2.05, 4.69) is 25.5 Å². The summed E-state index contributed by atoms with van der Waals surface area (Å²) in [5.41, 5.74) is 2.32. The minimum Gasteiger partial charge on any atom is -0.354 e. The molecule has 0 bridgehead atoms. The first-order valence-corrected chi connectivity index (χ1v) is 9.09. The molecule has 0 unspecified atom stereocenters. The number of aryl methyl sites for hydroxylation is 1. The van der Waals surface area contributed by atoms with Gasteiger partial charge in [0.1, 0.15) is 5.69 Å². The Labute approximate surface area is 160 Å². The molecule has 7 heteroatoms. The molecule has 0 radical (unpaired) electrons. The van der Waals surface area contributed by atoms with Gasteiger partial charge in [-0.1, -0.05) is 23.7 Å². The molecule has 0 fully saturated rings. The van der Waals surface area contributed by atoms with Crippen LogP contribution in [0.1, 0.15) is 28.2 Å². The lowest BCUT2D eigenvalue weighted by atomic mass is 10.1. The van der Waals surface area contributed by atoms with Gasteiger partial charge < -0.3 is 15.5 Å². The fourth-order valence-electron chi connectivity index (χ4n) is 2.42. The number of anilines is 1. The normalized spacial score (nSPS) is 10.8. The maximum Gasteiger partial charge on any atom is 0.270 e. The lowest BCUT2D eigenvalue weighted by molar-refractivity contribution is 0.0947. The third kappa shape index (κ3) is 6.98. The maximum absolute atomic E-state index is 12.3. The molecule has 1 aromatic carbocycles. The van der Waals surface area contributed by atoms with Crippen LogP contribution in [0.4, 0.5) is 5.95 Å². The van der Waals surface area contributed by atoms with Crippen molar-refractivity contribution in [3.05, 3.63) is 52.3 Å². The van der Waals surface area contributed by atoms with Crippen LogP contribution < -0.4 is 10.6 Å². The van der Waals surface area contributed by atoms with Crippen molar-refractivity contribution < 1.29 is 4.79 Å². The number of nitrogens with one attached hydrogen (secondary N) is 2. The van der Waals surface area contributed by atoms with Gasteiger partial charge in [-0.2, -0.15) is 0 Å². The summed E-state index contributed by atoms with van der Waals surface area (Å²) in [6.45, 7) is 4.09. The molecular formula is C19H26ClN5O. The molecule has 0 aliphatic heterocycles. The van der Waals surface area contributed by atoms with Gasteiger partial charge in [0.05, 0.1) is 0 Å². The van der Waals surface area contributed by atoms with Gasteiger partial charge in [0, 0.05) is 23.8 Å². The fraction of sp³-hybridized carbons (Fsp3) is 0.421. The number of hydrogen-bond acceptors (Lipinski definition) is 5. The van der Waals surface area contributed by atoms with E-state index < -0.39 is 0 Å². The summed E-state index contributed by atoms with van der Waals surface area (Å²) in [6, 6.07) is 9.44. The molecule has 0 atom stereocenters. The van der Waals surface area contributed by atoms with Gasteiger partial charge in [-0.25, -0.2) is 9.97 Å². The monoisotopic (exact) mass is 375 g/mol. The summed E-state index contributed by atoms with van der Waals surface area (Å²) in [7, 11) is 4.02. The quantitative estimate of drug-likeness (QED) is 0.659. The molecule has 0 aliphatic rings. The van der Waals surface area contributed by atoms with Crippen LogP contribution in [0.15, 0.2) is 30.3 Å². The summed E-state index contributed by atoms with van der Waals surface area (Å²) in [6.07, 6.45) is 1.72. The van der Waals surface area contributed by atoms with Gasteiger partial charge in [-0.3, -0.25) is 4.79 Å². The first-order chi connectivity index (χ1) is 12.4. The van der Waals surface area contributed by atoms with Crippen LogP contribution in [0.3, 0.4) is 0 Å². The van der Waals surface area contributed by atoms with E-state index >= 15 is 0 Å². The minimum absolute atomic E-state index is 0.171. The second-order valence-electron chi connectivity index (χ2n) is 6.43. The largest absolute Gasteiger partial charge is 0.354 e. The molecule has 0 spiro atoms. The average molecular weight is 376 g/mol. The Hall–Kier alpha value is -2.18. The van der Waals surface area contributed by atoms with E-state index in [1.165, 1.54) is 5.56 Å². The Kier molecular flexibility index (Phi) is 7.81. The van der Waals surface area contributed by atoms with Crippen molar-refractivity contribution in [1.29, 1.82) is 0 Å². The van der Waals surface area contributed by atoms with Crippen molar-refractivity contribution >= 4 is 23.5 Å². The lowest BCUT2D eigenvalue weighted by Crippen LogP contribution is -2.28. The maximum atomic E-state index is 12.3. The zero-order chi connectivity index (χ0) is 18.9. The summed E-state index contributed by atoms with van der Waals surface area (Å²) in [5.74, 6) is 0.299. The van der Waals surface area contributed by atoms with Gasteiger partial charge in [0.2, 0.25) is 5.95 Å². The lowest BCUT2D eigenvalue weighted by Gasteiger charge is -2.11. The highest BCUT2D eigenvalue weighted by atomic mass is 35.5. The number of aromatic nitrogens is 2. The first-order valence-electron chi connectivity index (χ1n) is 8.71. The fourth-order valence-corrected chi connectivity index (χ4v) is 2.55. The van der Waals surface area contributed by atoms with E-state index in [0.29, 0.717) is 24.7 Å². The van der Waals surface area contributed by atoms with Crippen molar-refractivity contribution in [2.24, 2.45) is 0 Å². The van der Waals surface area contributed by atoms with E-state index in [-0.39, 0.29) is 5.91 Å². The highest BCUT2D eigenvalue weighted by Crippen LogP contribution is 2.10. The zero-order valence-corrected chi connectivity index (χ0v) is 16.3. The Morgan fingerprint density at radius 2 is 1.88 bits per heavy atom. The van der Waals surface area contributed by atoms with Gasteiger partial charge in [0.25, 0.3) is 5.91 Å². The number of carbonyl (C=O) groups is 1. The van der Waals surface area contributed by atoms with Crippen LogP contribution in [0.2, 0.25) is 5.02 Å². The van der Waals surface area contributed by atoms with Gasteiger partial charge in [-0.15, -0.1) is 0 Å². The van der Waals surface area contributed by atoms with Gasteiger partial charge in [-0.05, 0) is 64.2 Å². The Morgan fingerprint density at radius 1 is 1.15 bits per heavy atom. The molecule has 0 saturated carbocycles. The Bertz CT molecular complexity index is 718. The molecule has 6 nitrogen and oxygen atoms in total. The molecular weight excluding hydrogens is 350 g/mol. The predicted molar refractivity (Wildman–Crippen MR) is 106 cm³/mol. The van der Waals surface area contributed by atoms with Crippen molar-refractivity contribution in [3.8, 4) is 0 Å². The summed E-state index contributed by atoms with van der Waals surface area (Å²) in [5, 5.41) is 6.81. The summed E-state index contributed by atoms with van der Waals surface area (Å²) >= 11 is 5.89. The molecule has 0 aliphatic carbocycles. The number of carbonyl (C=O) groups excluding carboxylic acids is 1. The van der Waals surface area contributed by atoms with E-state index in [1.807, 2.05) is 45.3 Å². The van der Waals surface area contributed by atoms with Crippen molar-refractivity contribution in [3.63, 3.8) is 0 Å². The minimum atomic E-state index is -0.171. The van der Waals surface area contributed by atoms with Crippen LogP contribution in [0, 0.1) is 6.92 Å². The van der Waals surface area contributed by atoms with Gasteiger partial charge >= 0.3 is 0 Å². The number of nitrogens with zero attached hydrogens (tertiary/aromatic N) is 3. The topological polar surface area (TPSA) is 70.2 Å². The Morgan fingerprint density at radius 3 is 2.58 bits per heavy atom. The number of amides is 1. The molecule has 0 saturated heterocycles. The van der Waals surface area contributed by atoms with Crippen LogP contribution in [-0.4, -0.2) is 54.5 Å². The highest BCUT2D eigenvalue weighted by Gasteiger charge is 2.10. The van der Waals surface area contributed by atoms with Crippen molar-refractivity contribution in [2.45, 2.75) is 19.8 Å². The SMILES string of the molecule is Cc1cc(C(=O)NCCCN(C)C)nc(NCCc2ccc(Cl)cc2)n1. The number of hydrogen-bond donors (Lipinski definition) is 2. The molecule has 140 valence electrons. The van der Waals surface area contributed by atoms with Crippen LogP contribution in [0.25, 0.3) is 0 Å². The number of halogens is 1. The molecule has 26 heavy (non-hydrogen) atoms. The summed E-state index contributed by atoms with van der Waals surface area (Å²) < 4.78 is 0. The molecule has 2 rings (SSSR count). The third-order valence-electron chi connectivity index (χ3n) is 3.76. The van der Waals surface area contributed by atoms with Crippen molar-refractivity contribution in [1.82, 2.24) is 20.2 Å². The molecule has 1 amide bonds. The second-order valence-corrected chi connectivity index (χ2v) is 6.87. The summed E-state index contributed by atoms with van der Waals surface area (Å²) in [4.78, 5) is 23.0. The Balaban J connectivity index is 1.87. The van der Waals surface area contributed by atoms with Crippen LogP contribution >= 0.6 is 11.6 Å². The third-order valence-corrected chi connectivity index (χ3v) is 4.02. The number of rotatable bonds is 9. The van der Waals surface area contributed by atoms with E-state index in [9.17, 15) is 4.79 Å². The zero-order valence-electron chi connectivity index (χ0n) is 15.6. The molecule has 1 aromatic heterocycles. The smallest absolute Gasteiger partial charge is 0.270 e.